The van der Waals surface area contributed by atoms with Crippen LogP contribution >= 0.6 is 11.6 Å². The second-order valence-electron chi connectivity index (χ2n) is 6.23. The molecule has 3 unspecified atom stereocenters. The van der Waals surface area contributed by atoms with Gasteiger partial charge >= 0.3 is 5.97 Å². The number of hydrogen-bond donors (Lipinski definition) is 1. The lowest BCUT2D eigenvalue weighted by molar-refractivity contribution is -0.145. The first-order chi connectivity index (χ1) is 12.2. The highest BCUT2D eigenvalue weighted by atomic mass is 35.5. The summed E-state index contributed by atoms with van der Waals surface area (Å²) in [6.07, 6.45) is 0. The van der Waals surface area contributed by atoms with Crippen molar-refractivity contribution >= 4 is 27.4 Å². The number of sulfone groups is 1. The zero-order chi connectivity index (χ0) is 19.1. The molecule has 2 aromatic rings. The predicted octanol–water partition coefficient (Wildman–Crippen LogP) is 3.14. The molecule has 0 saturated heterocycles. The second-order valence-corrected chi connectivity index (χ2v) is 8.74. The van der Waals surface area contributed by atoms with E-state index in [1.165, 1.54) is 49.6 Å². The zero-order valence-electron chi connectivity index (χ0n) is 13.7. The summed E-state index contributed by atoms with van der Waals surface area (Å²) in [6.45, 7) is -0.305. The van der Waals surface area contributed by atoms with E-state index in [0.717, 1.165) is 6.07 Å². The van der Waals surface area contributed by atoms with Crippen LogP contribution < -0.4 is 0 Å². The van der Waals surface area contributed by atoms with Gasteiger partial charge in [0.1, 0.15) is 11.2 Å². The number of hydrogen-bond acceptors (Lipinski definition) is 4. The molecule has 0 spiro atoms. The summed E-state index contributed by atoms with van der Waals surface area (Å²) in [5, 5.41) is 8.90. The molecule has 138 valence electrons. The van der Waals surface area contributed by atoms with Crippen molar-refractivity contribution in [1.29, 1.82) is 0 Å². The molecule has 1 fully saturated rings. The van der Waals surface area contributed by atoms with Crippen LogP contribution in [0.15, 0.2) is 53.4 Å². The molecule has 2 aromatic carbocycles. The molecule has 0 radical (unpaired) electrons. The molecular weight excluding hydrogens is 383 g/mol. The van der Waals surface area contributed by atoms with Crippen molar-refractivity contribution in [3.8, 4) is 0 Å². The zero-order valence-corrected chi connectivity index (χ0v) is 15.3. The fourth-order valence-electron chi connectivity index (χ4n) is 3.53. The monoisotopic (exact) mass is 398 g/mol. The number of halogens is 2. The molecule has 0 bridgehead atoms. The molecule has 1 N–H and O–H groups in total. The molecule has 5 nitrogen and oxygen atoms in total. The Morgan fingerprint density at radius 3 is 2.46 bits per heavy atom. The van der Waals surface area contributed by atoms with Gasteiger partial charge < -0.3 is 9.84 Å². The molecule has 0 aliphatic heterocycles. The van der Waals surface area contributed by atoms with Crippen LogP contribution in [0.1, 0.15) is 11.5 Å². The SMILES string of the molecule is COCC1(C(=O)O)C(c2cccc(F)c2)C1S(=O)(=O)c1ccc(Cl)cc1. The number of aliphatic carboxylic acids is 1. The van der Waals surface area contributed by atoms with Gasteiger partial charge in [0.25, 0.3) is 0 Å². The van der Waals surface area contributed by atoms with Crippen LogP contribution in [-0.4, -0.2) is 38.5 Å². The first-order valence-corrected chi connectivity index (χ1v) is 9.65. The van der Waals surface area contributed by atoms with Crippen molar-refractivity contribution in [2.24, 2.45) is 5.41 Å². The Hall–Kier alpha value is -1.96. The summed E-state index contributed by atoms with van der Waals surface area (Å²) < 4.78 is 44.9. The van der Waals surface area contributed by atoms with Crippen LogP contribution in [0.25, 0.3) is 0 Å². The van der Waals surface area contributed by atoms with Gasteiger partial charge in [-0.05, 0) is 42.0 Å². The molecule has 3 atom stereocenters. The molecule has 3 rings (SSSR count). The molecule has 0 heterocycles. The van der Waals surface area contributed by atoms with E-state index in [1.807, 2.05) is 0 Å². The van der Waals surface area contributed by atoms with Crippen LogP contribution in [0, 0.1) is 11.2 Å². The maximum atomic E-state index is 13.6. The van der Waals surface area contributed by atoms with Crippen molar-refractivity contribution in [3.63, 3.8) is 0 Å². The van der Waals surface area contributed by atoms with Gasteiger partial charge in [-0.25, -0.2) is 12.8 Å². The lowest BCUT2D eigenvalue weighted by Crippen LogP contribution is -2.28. The number of methoxy groups -OCH3 is 1. The summed E-state index contributed by atoms with van der Waals surface area (Å²) >= 11 is 5.80. The third-order valence-electron chi connectivity index (χ3n) is 4.72. The predicted molar refractivity (Wildman–Crippen MR) is 93.5 cm³/mol. The summed E-state index contributed by atoms with van der Waals surface area (Å²) in [5.74, 6) is -2.78. The molecule has 1 aliphatic rings. The highest BCUT2D eigenvalue weighted by Crippen LogP contribution is 2.64. The van der Waals surface area contributed by atoms with Gasteiger partial charge in [-0.3, -0.25) is 4.79 Å². The normalized spacial score (nSPS) is 25.0. The average Bonchev–Trinajstić information content (AvgIpc) is 3.27. The standard InChI is InChI=1S/C18H16ClFO5S/c1-25-10-18(17(21)22)15(11-3-2-4-13(20)9-11)16(18)26(23,24)14-7-5-12(19)6-8-14/h2-9,15-16H,10H2,1H3,(H,21,22). The molecule has 0 amide bonds. The molecule has 1 aliphatic carbocycles. The second kappa shape index (κ2) is 6.64. The van der Waals surface area contributed by atoms with Gasteiger partial charge in [0.2, 0.25) is 0 Å². The highest BCUT2D eigenvalue weighted by Gasteiger charge is 2.76. The Morgan fingerprint density at radius 1 is 1.27 bits per heavy atom. The summed E-state index contributed by atoms with van der Waals surface area (Å²) in [6, 6.07) is 10.8. The number of rotatable bonds is 6. The van der Waals surface area contributed by atoms with E-state index >= 15 is 0 Å². The van der Waals surface area contributed by atoms with E-state index in [2.05, 4.69) is 0 Å². The van der Waals surface area contributed by atoms with Gasteiger partial charge in [-0.2, -0.15) is 0 Å². The van der Waals surface area contributed by atoms with E-state index < -0.39 is 38.2 Å². The number of ether oxygens (including phenoxy) is 1. The number of carbonyl (C=O) groups is 1. The van der Waals surface area contributed by atoms with Crippen LogP contribution in [0.3, 0.4) is 0 Å². The van der Waals surface area contributed by atoms with Crippen molar-refractivity contribution in [2.75, 3.05) is 13.7 Å². The van der Waals surface area contributed by atoms with Gasteiger partial charge in [0, 0.05) is 18.1 Å². The van der Waals surface area contributed by atoms with Crippen molar-refractivity contribution in [3.05, 3.63) is 64.9 Å². The van der Waals surface area contributed by atoms with E-state index in [1.54, 1.807) is 0 Å². The first kappa shape index (κ1) is 18.8. The third-order valence-corrected chi connectivity index (χ3v) is 7.26. The van der Waals surface area contributed by atoms with Crippen LogP contribution in [-0.2, 0) is 19.4 Å². The number of benzene rings is 2. The molecular formula is C18H16ClFO5S. The Bertz CT molecular complexity index is 944. The fourth-order valence-corrected chi connectivity index (χ4v) is 6.01. The highest BCUT2D eigenvalue weighted by molar-refractivity contribution is 7.92. The number of carboxylic acid groups (broad SMARTS) is 1. The van der Waals surface area contributed by atoms with Crippen molar-refractivity contribution in [2.45, 2.75) is 16.1 Å². The van der Waals surface area contributed by atoms with Gasteiger partial charge in [0.05, 0.1) is 16.8 Å². The molecule has 1 saturated carbocycles. The largest absolute Gasteiger partial charge is 0.481 e. The maximum Gasteiger partial charge on any atom is 0.314 e. The van der Waals surface area contributed by atoms with Gasteiger partial charge in [-0.15, -0.1) is 0 Å². The minimum absolute atomic E-state index is 0.0347. The van der Waals surface area contributed by atoms with Crippen molar-refractivity contribution < 1.29 is 27.4 Å². The third kappa shape index (κ3) is 2.90. The number of carboxylic acids is 1. The minimum Gasteiger partial charge on any atom is -0.481 e. The average molecular weight is 399 g/mol. The summed E-state index contributed by atoms with van der Waals surface area (Å²) in [5.41, 5.74) is -1.37. The van der Waals surface area contributed by atoms with Crippen LogP contribution in [0.2, 0.25) is 5.02 Å². The maximum absolute atomic E-state index is 13.6. The minimum atomic E-state index is -4.01. The topological polar surface area (TPSA) is 80.7 Å². The van der Waals surface area contributed by atoms with E-state index in [4.69, 9.17) is 16.3 Å². The van der Waals surface area contributed by atoms with Gasteiger partial charge in [0.15, 0.2) is 9.84 Å². The van der Waals surface area contributed by atoms with Crippen molar-refractivity contribution in [1.82, 2.24) is 0 Å². The Morgan fingerprint density at radius 2 is 1.92 bits per heavy atom. The molecule has 0 aromatic heterocycles. The van der Waals surface area contributed by atoms with E-state index in [9.17, 15) is 22.7 Å². The Balaban J connectivity index is 2.13. The lowest BCUT2D eigenvalue weighted by Gasteiger charge is -2.12. The van der Waals surface area contributed by atoms with E-state index in [-0.39, 0.29) is 11.5 Å². The first-order valence-electron chi connectivity index (χ1n) is 7.72. The van der Waals surface area contributed by atoms with Crippen LogP contribution in [0.5, 0.6) is 0 Å². The Labute approximate surface area is 155 Å². The molecule has 26 heavy (non-hydrogen) atoms. The smallest absolute Gasteiger partial charge is 0.314 e. The lowest BCUT2D eigenvalue weighted by atomic mass is 10.00. The summed E-state index contributed by atoms with van der Waals surface area (Å²) in [4.78, 5) is 12.0. The van der Waals surface area contributed by atoms with Crippen LogP contribution in [0.4, 0.5) is 4.39 Å². The summed E-state index contributed by atoms with van der Waals surface area (Å²) in [7, 11) is -2.71. The van der Waals surface area contributed by atoms with Gasteiger partial charge in [-0.1, -0.05) is 23.7 Å². The Kier molecular flexibility index (Phi) is 4.81. The molecule has 8 heteroatoms. The quantitative estimate of drug-likeness (QED) is 0.808. The van der Waals surface area contributed by atoms with E-state index in [0.29, 0.717) is 10.6 Å². The fraction of sp³-hybridized carbons (Fsp3) is 0.278.